The second kappa shape index (κ2) is 6.47. The Labute approximate surface area is 152 Å². The fraction of sp³-hybridized carbons (Fsp3) is 1.00. The molecule has 0 bridgehead atoms. The Hall–Kier alpha value is -0.160. The van der Waals surface area contributed by atoms with Crippen molar-refractivity contribution in [2.24, 2.45) is 40.2 Å². The first-order chi connectivity index (χ1) is 11.9. The van der Waals surface area contributed by atoms with E-state index in [2.05, 4.69) is 13.8 Å². The number of aliphatic hydroxyl groups excluding tert-OH is 2. The van der Waals surface area contributed by atoms with Crippen molar-refractivity contribution < 1.29 is 14.9 Å². The van der Waals surface area contributed by atoms with E-state index in [-0.39, 0.29) is 29.1 Å². The van der Waals surface area contributed by atoms with E-state index in [0.717, 1.165) is 44.9 Å². The Morgan fingerprint density at radius 1 is 0.920 bits per heavy atom. The molecule has 9 atom stereocenters. The van der Waals surface area contributed by atoms with Gasteiger partial charge in [0, 0.05) is 6.54 Å². The van der Waals surface area contributed by atoms with Gasteiger partial charge in [-0.05, 0) is 85.9 Å². The van der Waals surface area contributed by atoms with E-state index in [1.54, 1.807) is 0 Å². The first-order valence-electron chi connectivity index (χ1n) is 10.6. The topological polar surface area (TPSA) is 75.7 Å². The molecule has 0 spiro atoms. The average Bonchev–Trinajstić information content (AvgIpc) is 2.89. The number of ether oxygens (including phenoxy) is 1. The summed E-state index contributed by atoms with van der Waals surface area (Å²) in [4.78, 5) is 0. The van der Waals surface area contributed by atoms with E-state index in [1.807, 2.05) is 0 Å². The van der Waals surface area contributed by atoms with Gasteiger partial charge >= 0.3 is 0 Å². The highest BCUT2D eigenvalue weighted by Gasteiger charge is 2.61. The molecular formula is C21H37NO3. The monoisotopic (exact) mass is 351 g/mol. The molecule has 4 N–H and O–H groups in total. The molecule has 4 heteroatoms. The predicted molar refractivity (Wildman–Crippen MR) is 97.9 cm³/mol. The lowest BCUT2D eigenvalue weighted by atomic mass is 9.44. The van der Waals surface area contributed by atoms with Gasteiger partial charge in [0.2, 0.25) is 0 Å². The highest BCUT2D eigenvalue weighted by atomic mass is 16.5. The van der Waals surface area contributed by atoms with E-state index < -0.39 is 0 Å². The van der Waals surface area contributed by atoms with Crippen molar-refractivity contribution in [2.45, 2.75) is 83.5 Å². The van der Waals surface area contributed by atoms with Gasteiger partial charge < -0.3 is 20.7 Å². The molecule has 0 aromatic carbocycles. The first-order valence-corrected chi connectivity index (χ1v) is 10.6. The molecule has 0 aliphatic heterocycles. The summed E-state index contributed by atoms with van der Waals surface area (Å²) in [5, 5.41) is 21.6. The minimum absolute atomic E-state index is 0.0888. The fourth-order valence-corrected chi connectivity index (χ4v) is 7.62. The van der Waals surface area contributed by atoms with Crippen LogP contribution in [0.15, 0.2) is 0 Å². The summed E-state index contributed by atoms with van der Waals surface area (Å²) in [6.45, 7) is 5.97. The summed E-state index contributed by atoms with van der Waals surface area (Å²) in [6.07, 6.45) is 8.60. The van der Waals surface area contributed by atoms with Gasteiger partial charge in [0.1, 0.15) is 0 Å². The number of hydrogen-bond donors (Lipinski definition) is 3. The van der Waals surface area contributed by atoms with Crippen molar-refractivity contribution in [3.8, 4) is 0 Å². The van der Waals surface area contributed by atoms with Crippen LogP contribution in [0.5, 0.6) is 0 Å². The lowest BCUT2D eigenvalue weighted by molar-refractivity contribution is -0.179. The van der Waals surface area contributed by atoms with Crippen LogP contribution in [0.4, 0.5) is 0 Å². The number of nitrogens with two attached hydrogens (primary N) is 1. The Balaban J connectivity index is 1.55. The van der Waals surface area contributed by atoms with Gasteiger partial charge in [-0.3, -0.25) is 0 Å². The highest BCUT2D eigenvalue weighted by molar-refractivity contribution is 5.11. The number of aliphatic hydroxyl groups is 2. The van der Waals surface area contributed by atoms with Crippen LogP contribution in [0.1, 0.15) is 65.2 Å². The summed E-state index contributed by atoms with van der Waals surface area (Å²) in [7, 11) is 0. The third-order valence-corrected chi connectivity index (χ3v) is 9.05. The number of hydrogen-bond acceptors (Lipinski definition) is 4. The molecule has 4 nitrogen and oxygen atoms in total. The first kappa shape index (κ1) is 18.2. The van der Waals surface area contributed by atoms with Crippen molar-refractivity contribution in [1.29, 1.82) is 0 Å². The molecule has 4 aliphatic rings. The average molecular weight is 352 g/mol. The molecule has 4 saturated carbocycles. The van der Waals surface area contributed by atoms with E-state index in [1.165, 1.54) is 6.42 Å². The maximum Gasteiger partial charge on any atom is 0.0596 e. The molecule has 0 unspecified atom stereocenters. The highest BCUT2D eigenvalue weighted by Crippen LogP contribution is 2.66. The predicted octanol–water partition coefficient (Wildman–Crippen LogP) is 2.70. The van der Waals surface area contributed by atoms with Crippen LogP contribution in [0.3, 0.4) is 0 Å². The molecule has 0 aromatic rings. The lowest BCUT2D eigenvalue weighted by Gasteiger charge is -2.62. The SMILES string of the molecule is C[C@]12CC[C@H](OCCN)C[C@@H]1[C@@H](O)C[C@@H]1[C@@H]2CC[C@]2(C)[C@@H](O)CC[C@@H]12. The van der Waals surface area contributed by atoms with Crippen LogP contribution in [0, 0.1) is 34.5 Å². The molecule has 4 fully saturated rings. The van der Waals surface area contributed by atoms with Gasteiger partial charge in [0.05, 0.1) is 24.9 Å². The van der Waals surface area contributed by atoms with Gasteiger partial charge in [-0.15, -0.1) is 0 Å². The van der Waals surface area contributed by atoms with Gasteiger partial charge in [-0.25, -0.2) is 0 Å². The van der Waals surface area contributed by atoms with E-state index in [4.69, 9.17) is 10.5 Å². The van der Waals surface area contributed by atoms with E-state index in [9.17, 15) is 10.2 Å². The van der Waals surface area contributed by atoms with E-state index >= 15 is 0 Å². The van der Waals surface area contributed by atoms with Crippen molar-refractivity contribution >= 4 is 0 Å². The molecule has 4 aliphatic carbocycles. The largest absolute Gasteiger partial charge is 0.393 e. The van der Waals surface area contributed by atoms with Crippen molar-refractivity contribution in [3.05, 3.63) is 0 Å². The quantitative estimate of drug-likeness (QED) is 0.731. The Morgan fingerprint density at radius 2 is 1.64 bits per heavy atom. The number of rotatable bonds is 3. The molecular weight excluding hydrogens is 314 g/mol. The van der Waals surface area contributed by atoms with Crippen molar-refractivity contribution in [1.82, 2.24) is 0 Å². The lowest BCUT2D eigenvalue weighted by Crippen LogP contribution is -2.58. The van der Waals surface area contributed by atoms with Gasteiger partial charge in [0.25, 0.3) is 0 Å². The normalized spacial score (nSPS) is 55.3. The van der Waals surface area contributed by atoms with Crippen molar-refractivity contribution in [2.75, 3.05) is 13.2 Å². The molecule has 0 heterocycles. The van der Waals surface area contributed by atoms with Gasteiger partial charge in [-0.1, -0.05) is 13.8 Å². The minimum atomic E-state index is -0.212. The van der Waals surface area contributed by atoms with Crippen molar-refractivity contribution in [3.63, 3.8) is 0 Å². The summed E-state index contributed by atoms with van der Waals surface area (Å²) in [5.41, 5.74) is 5.92. The standard InChI is InChI=1S/C21H37NO3/c1-20-7-5-13(25-10-9-22)11-17(20)18(23)12-14-15-3-4-19(24)21(15,2)8-6-16(14)20/h13-19,23-24H,3-12,22H2,1-2H3/t13-,14-,15-,16-,17+,18-,19-,20+,21-/m0/s1. The summed E-state index contributed by atoms with van der Waals surface area (Å²) < 4.78 is 5.94. The van der Waals surface area contributed by atoms with Crippen LogP contribution in [-0.4, -0.2) is 41.7 Å². The van der Waals surface area contributed by atoms with Crippen LogP contribution < -0.4 is 5.73 Å². The van der Waals surface area contributed by atoms with Crippen LogP contribution in [-0.2, 0) is 4.74 Å². The Morgan fingerprint density at radius 3 is 2.40 bits per heavy atom. The Bertz CT molecular complexity index is 500. The number of fused-ring (bicyclic) bond motifs is 5. The Kier molecular flexibility index (Phi) is 4.71. The molecule has 25 heavy (non-hydrogen) atoms. The smallest absolute Gasteiger partial charge is 0.0596 e. The van der Waals surface area contributed by atoms with Crippen LogP contribution in [0.2, 0.25) is 0 Å². The third-order valence-electron chi connectivity index (χ3n) is 9.05. The third kappa shape index (κ3) is 2.70. The van der Waals surface area contributed by atoms with Gasteiger partial charge in [0.15, 0.2) is 0 Å². The zero-order valence-electron chi connectivity index (χ0n) is 16.0. The second-order valence-corrected chi connectivity index (χ2v) is 9.99. The second-order valence-electron chi connectivity index (χ2n) is 9.99. The van der Waals surface area contributed by atoms with Crippen LogP contribution >= 0.6 is 0 Å². The minimum Gasteiger partial charge on any atom is -0.393 e. The molecule has 0 aromatic heterocycles. The fourth-order valence-electron chi connectivity index (χ4n) is 7.62. The maximum atomic E-state index is 11.1. The zero-order valence-corrected chi connectivity index (χ0v) is 16.0. The summed E-state index contributed by atoms with van der Waals surface area (Å²) in [5.74, 6) is 2.26. The molecule has 144 valence electrons. The molecule has 0 amide bonds. The molecule has 4 rings (SSSR count). The summed E-state index contributed by atoms with van der Waals surface area (Å²) in [6, 6.07) is 0. The zero-order chi connectivity index (χ0) is 17.8. The maximum absolute atomic E-state index is 11.1. The van der Waals surface area contributed by atoms with Crippen LogP contribution in [0.25, 0.3) is 0 Å². The molecule has 0 saturated heterocycles. The summed E-state index contributed by atoms with van der Waals surface area (Å²) >= 11 is 0. The van der Waals surface area contributed by atoms with Gasteiger partial charge in [-0.2, -0.15) is 0 Å². The molecule has 0 radical (unpaired) electrons. The van der Waals surface area contributed by atoms with E-state index in [0.29, 0.717) is 36.8 Å².